The largest absolute Gasteiger partial charge is 0.410 e. The van der Waals surface area contributed by atoms with Crippen LogP contribution in [0.5, 0.6) is 0 Å². The Balaban J connectivity index is 1.62. The number of amides is 1. The lowest BCUT2D eigenvalue weighted by atomic mass is 9.96. The normalized spacial score (nSPS) is 18.4. The quantitative estimate of drug-likeness (QED) is 0.565. The van der Waals surface area contributed by atoms with Gasteiger partial charge in [0.2, 0.25) is 0 Å². The Kier molecular flexibility index (Phi) is 5.54. The molecule has 0 fully saturated rings. The number of hydrogen-bond donors (Lipinski definition) is 2. The lowest BCUT2D eigenvalue weighted by Crippen LogP contribution is -2.36. The summed E-state index contributed by atoms with van der Waals surface area (Å²) in [7, 11) is 1.77. The van der Waals surface area contributed by atoms with E-state index in [0.717, 1.165) is 20.4 Å². The highest BCUT2D eigenvalue weighted by Gasteiger charge is 2.47. The van der Waals surface area contributed by atoms with Crippen LogP contribution in [0.25, 0.3) is 0 Å². The molecule has 7 nitrogen and oxygen atoms in total. The number of rotatable bonds is 4. The van der Waals surface area contributed by atoms with E-state index in [1.165, 1.54) is 6.20 Å². The molecule has 1 aliphatic rings. The number of nitrogens with one attached hydrogen (secondary N) is 2. The number of fused-ring (bicyclic) bond motifs is 1. The number of alkyl halides is 3. The molecule has 31 heavy (non-hydrogen) atoms. The van der Waals surface area contributed by atoms with E-state index in [1.807, 2.05) is 6.92 Å². The summed E-state index contributed by atoms with van der Waals surface area (Å²) in [5, 5.41) is 13.9. The summed E-state index contributed by atoms with van der Waals surface area (Å²) >= 11 is 3.33. The fourth-order valence-corrected chi connectivity index (χ4v) is 4.00. The summed E-state index contributed by atoms with van der Waals surface area (Å²) in [4.78, 5) is 12.8. The lowest BCUT2D eigenvalue weighted by Gasteiger charge is -2.34. The van der Waals surface area contributed by atoms with Gasteiger partial charge in [0.1, 0.15) is 11.4 Å². The summed E-state index contributed by atoms with van der Waals surface area (Å²) in [6.07, 6.45) is -1.77. The van der Waals surface area contributed by atoms with Crippen LogP contribution in [0.1, 0.15) is 45.7 Å². The highest BCUT2D eigenvalue weighted by Crippen LogP contribution is 2.44. The molecule has 0 unspecified atom stereocenters. The second-order valence-electron chi connectivity index (χ2n) is 7.49. The van der Waals surface area contributed by atoms with E-state index in [9.17, 15) is 18.0 Å². The maximum atomic E-state index is 13.8. The van der Waals surface area contributed by atoms with Gasteiger partial charge in [0, 0.05) is 36.2 Å². The molecule has 1 amide bonds. The van der Waals surface area contributed by atoms with Crippen LogP contribution in [0.15, 0.2) is 41.1 Å². The van der Waals surface area contributed by atoms with Crippen molar-refractivity contribution in [3.63, 3.8) is 0 Å². The molecule has 1 aliphatic heterocycles. The standard InChI is InChI=1S/C20H20BrF3N6O/c1-11-13(10-29(2)28-11)8-25-19(31)15-9-26-30-17(20(22,23)24)7-16(27-18(15)30)12-3-5-14(21)6-4-12/h3-6,9-10,16-17,27H,7-8H2,1-2H3,(H,25,31)/t16-,17+/m1/s1. The molecule has 3 aromatic rings. The lowest BCUT2D eigenvalue weighted by molar-refractivity contribution is -0.173. The van der Waals surface area contributed by atoms with E-state index < -0.39 is 24.2 Å². The van der Waals surface area contributed by atoms with Gasteiger partial charge in [-0.1, -0.05) is 28.1 Å². The number of aromatic nitrogens is 4. The molecule has 164 valence electrons. The average Bonchev–Trinajstić information content (AvgIpc) is 3.27. The smallest absolute Gasteiger partial charge is 0.363 e. The van der Waals surface area contributed by atoms with Crippen LogP contribution in [0.2, 0.25) is 0 Å². The first-order valence-electron chi connectivity index (χ1n) is 9.57. The third kappa shape index (κ3) is 4.32. The van der Waals surface area contributed by atoms with Gasteiger partial charge in [-0.3, -0.25) is 9.48 Å². The summed E-state index contributed by atoms with van der Waals surface area (Å²) < 4.78 is 44.7. The molecule has 4 rings (SSSR count). The Hall–Kier alpha value is -2.82. The van der Waals surface area contributed by atoms with Gasteiger partial charge < -0.3 is 10.6 Å². The summed E-state index contributed by atoms with van der Waals surface area (Å²) in [5.41, 5.74) is 2.36. The topological polar surface area (TPSA) is 76.8 Å². The Labute approximate surface area is 184 Å². The second-order valence-corrected chi connectivity index (χ2v) is 8.40. The molecule has 0 bridgehead atoms. The van der Waals surface area contributed by atoms with Gasteiger partial charge in [0.25, 0.3) is 5.91 Å². The fraction of sp³-hybridized carbons (Fsp3) is 0.350. The van der Waals surface area contributed by atoms with Crippen molar-refractivity contribution in [2.24, 2.45) is 7.05 Å². The predicted octanol–water partition coefficient (Wildman–Crippen LogP) is 4.28. The molecule has 11 heteroatoms. The molecule has 0 aliphatic carbocycles. The summed E-state index contributed by atoms with van der Waals surface area (Å²) in [5.74, 6) is -0.448. The number of anilines is 1. The molecule has 0 saturated heterocycles. The van der Waals surface area contributed by atoms with Crippen molar-refractivity contribution in [2.45, 2.75) is 38.1 Å². The number of halogens is 4. The number of benzene rings is 1. The van der Waals surface area contributed by atoms with Crippen molar-refractivity contribution >= 4 is 27.7 Å². The van der Waals surface area contributed by atoms with Gasteiger partial charge >= 0.3 is 6.18 Å². The molecule has 2 N–H and O–H groups in total. The van der Waals surface area contributed by atoms with E-state index in [0.29, 0.717) is 5.56 Å². The third-order valence-corrected chi connectivity index (χ3v) is 5.84. The van der Waals surface area contributed by atoms with E-state index >= 15 is 0 Å². The molecule has 1 aromatic carbocycles. The van der Waals surface area contributed by atoms with Gasteiger partial charge in [-0.15, -0.1) is 0 Å². The zero-order chi connectivity index (χ0) is 22.3. The van der Waals surface area contributed by atoms with Crippen molar-refractivity contribution in [1.82, 2.24) is 24.9 Å². The Morgan fingerprint density at radius 3 is 2.65 bits per heavy atom. The minimum Gasteiger partial charge on any atom is -0.363 e. The highest BCUT2D eigenvalue weighted by atomic mass is 79.9. The molecule has 2 atom stereocenters. The van der Waals surface area contributed by atoms with Crippen LogP contribution in [0.3, 0.4) is 0 Å². The highest BCUT2D eigenvalue weighted by molar-refractivity contribution is 9.10. The van der Waals surface area contributed by atoms with Gasteiger partial charge in [-0.05, 0) is 24.6 Å². The van der Waals surface area contributed by atoms with Crippen molar-refractivity contribution in [1.29, 1.82) is 0 Å². The van der Waals surface area contributed by atoms with E-state index in [2.05, 4.69) is 36.8 Å². The zero-order valence-electron chi connectivity index (χ0n) is 16.7. The van der Waals surface area contributed by atoms with Crippen molar-refractivity contribution in [2.75, 3.05) is 5.32 Å². The zero-order valence-corrected chi connectivity index (χ0v) is 18.3. The third-order valence-electron chi connectivity index (χ3n) is 5.31. The van der Waals surface area contributed by atoms with E-state index in [-0.39, 0.29) is 24.3 Å². The molecule has 2 aromatic heterocycles. The minimum absolute atomic E-state index is 0.0573. The molecular weight excluding hydrogens is 477 g/mol. The predicted molar refractivity (Wildman–Crippen MR) is 112 cm³/mol. The number of carbonyl (C=O) groups excluding carboxylic acids is 1. The van der Waals surface area contributed by atoms with Crippen LogP contribution in [-0.4, -0.2) is 31.6 Å². The molecule has 3 heterocycles. The van der Waals surface area contributed by atoms with Crippen molar-refractivity contribution in [3.8, 4) is 0 Å². The minimum atomic E-state index is -4.50. The SMILES string of the molecule is Cc1nn(C)cc1CNC(=O)c1cnn2c1N[C@@H](c1ccc(Br)cc1)C[C@H]2C(F)(F)F. The first kappa shape index (κ1) is 21.4. The van der Waals surface area contributed by atoms with Crippen molar-refractivity contribution < 1.29 is 18.0 Å². The Bertz CT molecular complexity index is 1110. The van der Waals surface area contributed by atoms with Crippen LogP contribution in [0, 0.1) is 6.92 Å². The van der Waals surface area contributed by atoms with Gasteiger partial charge in [0.15, 0.2) is 6.04 Å². The van der Waals surface area contributed by atoms with Crippen LogP contribution in [0.4, 0.5) is 19.0 Å². The maximum absolute atomic E-state index is 13.8. The Morgan fingerprint density at radius 2 is 2.03 bits per heavy atom. The van der Waals surface area contributed by atoms with E-state index in [4.69, 9.17) is 0 Å². The first-order chi connectivity index (χ1) is 14.6. The average molecular weight is 497 g/mol. The molecular formula is C20H20BrF3N6O. The molecule has 0 spiro atoms. The summed E-state index contributed by atoms with van der Waals surface area (Å²) in [6.45, 7) is 2.03. The first-order valence-corrected chi connectivity index (χ1v) is 10.4. The van der Waals surface area contributed by atoms with Crippen LogP contribution < -0.4 is 10.6 Å². The molecule has 0 saturated carbocycles. The maximum Gasteiger partial charge on any atom is 0.410 e. The van der Waals surface area contributed by atoms with Crippen LogP contribution >= 0.6 is 15.9 Å². The van der Waals surface area contributed by atoms with E-state index in [1.54, 1.807) is 42.2 Å². The number of carbonyl (C=O) groups is 1. The van der Waals surface area contributed by atoms with Gasteiger partial charge in [0.05, 0.1) is 17.9 Å². The van der Waals surface area contributed by atoms with Gasteiger partial charge in [-0.25, -0.2) is 4.68 Å². The number of nitrogens with zero attached hydrogens (tertiary/aromatic N) is 4. The number of aryl methyl sites for hydroxylation is 2. The fourth-order valence-electron chi connectivity index (χ4n) is 3.74. The van der Waals surface area contributed by atoms with Crippen molar-refractivity contribution in [3.05, 3.63) is 63.5 Å². The van der Waals surface area contributed by atoms with Gasteiger partial charge in [-0.2, -0.15) is 23.4 Å². The summed E-state index contributed by atoms with van der Waals surface area (Å²) in [6, 6.07) is 4.61. The number of hydrogen-bond acceptors (Lipinski definition) is 4. The van der Waals surface area contributed by atoms with Crippen LogP contribution in [-0.2, 0) is 13.6 Å². The Morgan fingerprint density at radius 1 is 1.32 bits per heavy atom. The second kappa shape index (κ2) is 8.03. The monoisotopic (exact) mass is 496 g/mol. The molecule has 0 radical (unpaired) electrons.